The molecule has 0 amide bonds. The summed E-state index contributed by atoms with van der Waals surface area (Å²) < 4.78 is 5.11. The molecular weight excluding hydrogens is 216 g/mol. The van der Waals surface area contributed by atoms with Crippen LogP contribution in [0.3, 0.4) is 0 Å². The number of carboxylic acid groups (broad SMARTS) is 1. The summed E-state index contributed by atoms with van der Waals surface area (Å²) in [5.41, 5.74) is 1.61. The number of aromatic carboxylic acids is 1. The Hall–Kier alpha value is -2.29. The molecule has 0 unspecified atom stereocenters. The molecule has 0 fully saturated rings. The van der Waals surface area contributed by atoms with E-state index in [1.807, 2.05) is 18.2 Å². The predicted octanol–water partition coefficient (Wildman–Crippen LogP) is 1.73. The molecule has 86 valence electrons. The second-order valence-electron chi connectivity index (χ2n) is 3.56. The second-order valence-corrected chi connectivity index (χ2v) is 3.56. The van der Waals surface area contributed by atoms with E-state index in [4.69, 9.17) is 4.74 Å². The van der Waals surface area contributed by atoms with E-state index in [9.17, 15) is 9.90 Å². The standard InChI is InChI=1S/C14H12O3/c1-17-11-6-4-5-10(9-11)12-7-2-3-8-13(12)14(15)16/h2-9H,1H3,(H,15,16)/p-1. The first-order valence-corrected chi connectivity index (χ1v) is 5.17. The fourth-order valence-electron chi connectivity index (χ4n) is 1.70. The maximum Gasteiger partial charge on any atom is 0.119 e. The smallest absolute Gasteiger partial charge is 0.119 e. The highest BCUT2D eigenvalue weighted by atomic mass is 16.5. The van der Waals surface area contributed by atoms with Gasteiger partial charge in [0.15, 0.2) is 0 Å². The second kappa shape index (κ2) is 4.70. The zero-order valence-electron chi connectivity index (χ0n) is 9.34. The van der Waals surface area contributed by atoms with Crippen molar-refractivity contribution in [3.63, 3.8) is 0 Å². The molecule has 2 rings (SSSR count). The van der Waals surface area contributed by atoms with Crippen molar-refractivity contribution in [2.75, 3.05) is 7.11 Å². The molecule has 0 aliphatic rings. The molecule has 0 bridgehead atoms. The summed E-state index contributed by atoms with van der Waals surface area (Å²) in [7, 11) is 1.57. The van der Waals surface area contributed by atoms with Gasteiger partial charge in [-0.1, -0.05) is 36.4 Å². The van der Waals surface area contributed by atoms with Crippen LogP contribution in [0.1, 0.15) is 10.4 Å². The Bertz CT molecular complexity index is 547. The van der Waals surface area contributed by atoms with Crippen LogP contribution >= 0.6 is 0 Å². The van der Waals surface area contributed by atoms with Crippen molar-refractivity contribution in [1.82, 2.24) is 0 Å². The van der Waals surface area contributed by atoms with Gasteiger partial charge in [-0.15, -0.1) is 0 Å². The van der Waals surface area contributed by atoms with Crippen LogP contribution < -0.4 is 9.84 Å². The Morgan fingerprint density at radius 1 is 1.12 bits per heavy atom. The lowest BCUT2D eigenvalue weighted by molar-refractivity contribution is -0.254. The van der Waals surface area contributed by atoms with Gasteiger partial charge in [-0.2, -0.15) is 0 Å². The molecule has 0 aliphatic heterocycles. The van der Waals surface area contributed by atoms with E-state index in [0.29, 0.717) is 11.3 Å². The lowest BCUT2D eigenvalue weighted by Crippen LogP contribution is -2.22. The molecule has 0 spiro atoms. The van der Waals surface area contributed by atoms with Gasteiger partial charge in [-0.05, 0) is 23.3 Å². The molecule has 0 aromatic heterocycles. The van der Waals surface area contributed by atoms with Crippen LogP contribution in [-0.4, -0.2) is 13.1 Å². The molecular formula is C14H11O3-. The lowest BCUT2D eigenvalue weighted by atomic mass is 10.00. The molecule has 2 aromatic rings. The molecule has 0 heterocycles. The zero-order valence-corrected chi connectivity index (χ0v) is 9.34. The van der Waals surface area contributed by atoms with Gasteiger partial charge in [-0.3, -0.25) is 0 Å². The van der Waals surface area contributed by atoms with Gasteiger partial charge < -0.3 is 14.6 Å². The Morgan fingerprint density at radius 3 is 2.59 bits per heavy atom. The first-order chi connectivity index (χ1) is 8.22. The van der Waals surface area contributed by atoms with Gasteiger partial charge >= 0.3 is 0 Å². The predicted molar refractivity (Wildman–Crippen MR) is 62.8 cm³/mol. The molecule has 3 heteroatoms. The molecule has 0 saturated carbocycles. The number of carbonyl (C=O) groups excluding carboxylic acids is 1. The Kier molecular flexibility index (Phi) is 3.10. The van der Waals surface area contributed by atoms with E-state index >= 15 is 0 Å². The molecule has 0 saturated heterocycles. The van der Waals surface area contributed by atoms with Gasteiger partial charge in [0.1, 0.15) is 5.75 Å². The van der Waals surface area contributed by atoms with Crippen LogP contribution in [0, 0.1) is 0 Å². The van der Waals surface area contributed by atoms with E-state index in [1.165, 1.54) is 6.07 Å². The first-order valence-electron chi connectivity index (χ1n) is 5.17. The third-order valence-corrected chi connectivity index (χ3v) is 2.53. The zero-order chi connectivity index (χ0) is 12.3. The largest absolute Gasteiger partial charge is 0.545 e. The molecule has 17 heavy (non-hydrogen) atoms. The minimum Gasteiger partial charge on any atom is -0.545 e. The van der Waals surface area contributed by atoms with Crippen molar-refractivity contribution in [3.05, 3.63) is 54.1 Å². The average Bonchev–Trinajstić information content (AvgIpc) is 2.39. The highest BCUT2D eigenvalue weighted by Crippen LogP contribution is 2.26. The number of benzene rings is 2. The number of carbonyl (C=O) groups is 1. The quantitative estimate of drug-likeness (QED) is 0.802. The molecule has 0 atom stereocenters. The Morgan fingerprint density at radius 2 is 1.88 bits per heavy atom. The van der Waals surface area contributed by atoms with Gasteiger partial charge in [0.25, 0.3) is 0 Å². The first kappa shape index (κ1) is 11.2. The van der Waals surface area contributed by atoms with Gasteiger partial charge in [0.05, 0.1) is 13.1 Å². The topological polar surface area (TPSA) is 49.4 Å². The van der Waals surface area contributed by atoms with Gasteiger partial charge in [0, 0.05) is 5.56 Å². The van der Waals surface area contributed by atoms with Crippen LogP contribution in [0.5, 0.6) is 5.75 Å². The van der Waals surface area contributed by atoms with E-state index in [2.05, 4.69) is 0 Å². The number of hydrogen-bond acceptors (Lipinski definition) is 3. The van der Waals surface area contributed by atoms with Crippen LogP contribution in [0.15, 0.2) is 48.5 Å². The van der Waals surface area contributed by atoms with Crippen molar-refractivity contribution < 1.29 is 14.6 Å². The van der Waals surface area contributed by atoms with Crippen LogP contribution in [0.25, 0.3) is 11.1 Å². The summed E-state index contributed by atoms with van der Waals surface area (Å²) >= 11 is 0. The maximum absolute atomic E-state index is 11.0. The van der Waals surface area contributed by atoms with Crippen molar-refractivity contribution in [1.29, 1.82) is 0 Å². The highest BCUT2D eigenvalue weighted by Gasteiger charge is 2.05. The van der Waals surface area contributed by atoms with Crippen molar-refractivity contribution >= 4 is 5.97 Å². The summed E-state index contributed by atoms with van der Waals surface area (Å²) in [6.07, 6.45) is 0. The fourth-order valence-corrected chi connectivity index (χ4v) is 1.70. The minimum atomic E-state index is -1.18. The number of rotatable bonds is 3. The van der Waals surface area contributed by atoms with E-state index in [0.717, 1.165) is 5.56 Å². The number of hydrogen-bond donors (Lipinski definition) is 0. The SMILES string of the molecule is COc1cccc(-c2ccccc2C(=O)[O-])c1. The summed E-state index contributed by atoms with van der Waals surface area (Å²) in [5.74, 6) is -0.487. The Labute approximate surface area is 99.3 Å². The molecule has 2 aromatic carbocycles. The summed E-state index contributed by atoms with van der Waals surface area (Å²) in [4.78, 5) is 11.0. The molecule has 0 aliphatic carbocycles. The molecule has 3 nitrogen and oxygen atoms in total. The number of ether oxygens (including phenoxy) is 1. The van der Waals surface area contributed by atoms with E-state index in [1.54, 1.807) is 31.4 Å². The van der Waals surface area contributed by atoms with Gasteiger partial charge in [0.2, 0.25) is 0 Å². The summed E-state index contributed by atoms with van der Waals surface area (Å²) in [5, 5.41) is 11.0. The van der Waals surface area contributed by atoms with E-state index in [-0.39, 0.29) is 5.56 Å². The van der Waals surface area contributed by atoms with Gasteiger partial charge in [-0.25, -0.2) is 0 Å². The Balaban J connectivity index is 2.56. The third-order valence-electron chi connectivity index (χ3n) is 2.53. The number of methoxy groups -OCH3 is 1. The monoisotopic (exact) mass is 227 g/mol. The van der Waals surface area contributed by atoms with Crippen LogP contribution in [0.2, 0.25) is 0 Å². The number of carboxylic acids is 1. The van der Waals surface area contributed by atoms with Crippen LogP contribution in [-0.2, 0) is 0 Å². The van der Waals surface area contributed by atoms with E-state index < -0.39 is 5.97 Å². The van der Waals surface area contributed by atoms with Crippen molar-refractivity contribution in [3.8, 4) is 16.9 Å². The van der Waals surface area contributed by atoms with Crippen molar-refractivity contribution in [2.24, 2.45) is 0 Å². The summed E-state index contributed by atoms with van der Waals surface area (Å²) in [6.45, 7) is 0. The van der Waals surface area contributed by atoms with Crippen LogP contribution in [0.4, 0.5) is 0 Å². The average molecular weight is 227 g/mol. The highest BCUT2D eigenvalue weighted by molar-refractivity contribution is 5.94. The molecule has 0 radical (unpaired) electrons. The fraction of sp³-hybridized carbons (Fsp3) is 0.0714. The normalized spacial score (nSPS) is 9.94. The molecule has 0 N–H and O–H groups in total. The summed E-state index contributed by atoms with van der Waals surface area (Å²) in [6, 6.07) is 14.0. The maximum atomic E-state index is 11.0. The third kappa shape index (κ3) is 2.28. The lowest BCUT2D eigenvalue weighted by Gasteiger charge is -2.11. The minimum absolute atomic E-state index is 0.181. The van der Waals surface area contributed by atoms with Crippen molar-refractivity contribution in [2.45, 2.75) is 0 Å².